The molecule has 20 heavy (non-hydrogen) atoms. The molecule has 5 heteroatoms. The van der Waals surface area contributed by atoms with Crippen molar-refractivity contribution in [3.8, 4) is 5.75 Å². The molecule has 1 aromatic carbocycles. The number of carboxylic acids is 1. The highest BCUT2D eigenvalue weighted by atomic mass is 16.5. The number of aryl methyl sites for hydroxylation is 3. The zero-order valence-corrected chi connectivity index (χ0v) is 11.8. The number of nitrogens with zero attached hydrogens (tertiary/aromatic N) is 1. The van der Waals surface area contributed by atoms with Gasteiger partial charge in [-0.15, -0.1) is 0 Å². The van der Waals surface area contributed by atoms with Crippen LogP contribution in [-0.4, -0.2) is 22.8 Å². The van der Waals surface area contributed by atoms with Crippen molar-refractivity contribution in [3.05, 3.63) is 39.7 Å². The van der Waals surface area contributed by atoms with E-state index in [0.717, 1.165) is 16.5 Å². The van der Waals surface area contributed by atoms with Crippen molar-refractivity contribution in [3.63, 3.8) is 0 Å². The largest absolute Gasteiger partial charge is 0.495 e. The molecule has 2 aromatic rings. The molecule has 0 radical (unpaired) electrons. The molecule has 0 aliphatic heterocycles. The summed E-state index contributed by atoms with van der Waals surface area (Å²) in [5, 5.41) is 9.62. The van der Waals surface area contributed by atoms with E-state index in [9.17, 15) is 9.59 Å². The number of aromatic nitrogens is 1. The summed E-state index contributed by atoms with van der Waals surface area (Å²) in [4.78, 5) is 22.9. The van der Waals surface area contributed by atoms with Crippen LogP contribution in [0.2, 0.25) is 0 Å². The van der Waals surface area contributed by atoms with Crippen molar-refractivity contribution in [2.24, 2.45) is 7.05 Å². The molecule has 0 bridgehead atoms. The Morgan fingerprint density at radius 1 is 1.35 bits per heavy atom. The van der Waals surface area contributed by atoms with Gasteiger partial charge in [-0.05, 0) is 37.1 Å². The smallest absolute Gasteiger partial charge is 0.303 e. The number of carboxylic acid groups (broad SMARTS) is 1. The van der Waals surface area contributed by atoms with Crippen molar-refractivity contribution >= 4 is 16.9 Å². The van der Waals surface area contributed by atoms with Crippen LogP contribution in [0, 0.1) is 6.92 Å². The number of methoxy groups -OCH3 is 1. The van der Waals surface area contributed by atoms with Crippen molar-refractivity contribution in [2.45, 2.75) is 19.8 Å². The van der Waals surface area contributed by atoms with Gasteiger partial charge >= 0.3 is 5.97 Å². The molecule has 1 N–H and O–H groups in total. The third-order valence-corrected chi connectivity index (χ3v) is 3.32. The Bertz CT molecular complexity index is 731. The van der Waals surface area contributed by atoms with Gasteiger partial charge in [-0.3, -0.25) is 9.59 Å². The fourth-order valence-electron chi connectivity index (χ4n) is 2.38. The fourth-order valence-corrected chi connectivity index (χ4v) is 2.38. The minimum atomic E-state index is -0.908. The van der Waals surface area contributed by atoms with Crippen LogP contribution in [0.5, 0.6) is 5.75 Å². The lowest BCUT2D eigenvalue weighted by molar-refractivity contribution is -0.136. The molecule has 0 saturated heterocycles. The number of benzene rings is 1. The topological polar surface area (TPSA) is 68.5 Å². The van der Waals surface area contributed by atoms with E-state index in [1.807, 2.05) is 19.1 Å². The molecule has 0 fully saturated rings. The molecule has 1 heterocycles. The molecule has 0 spiro atoms. The van der Waals surface area contributed by atoms with E-state index in [0.29, 0.717) is 11.3 Å². The summed E-state index contributed by atoms with van der Waals surface area (Å²) in [6.45, 7) is 1.95. The lowest BCUT2D eigenvalue weighted by Gasteiger charge is -2.13. The van der Waals surface area contributed by atoms with Crippen molar-refractivity contribution in [1.29, 1.82) is 0 Å². The maximum absolute atomic E-state index is 12.3. The average molecular weight is 275 g/mol. The summed E-state index contributed by atoms with van der Waals surface area (Å²) < 4.78 is 6.85. The van der Waals surface area contributed by atoms with Gasteiger partial charge in [0.2, 0.25) is 0 Å². The maximum Gasteiger partial charge on any atom is 0.303 e. The number of aliphatic carboxylic acids is 1. The van der Waals surface area contributed by atoms with Crippen molar-refractivity contribution < 1.29 is 14.6 Å². The summed E-state index contributed by atoms with van der Waals surface area (Å²) in [6.07, 6.45) is 0.178. The van der Waals surface area contributed by atoms with E-state index in [2.05, 4.69) is 0 Å². The van der Waals surface area contributed by atoms with E-state index in [-0.39, 0.29) is 18.4 Å². The Balaban J connectivity index is 2.68. The van der Waals surface area contributed by atoms with Gasteiger partial charge in [0.15, 0.2) is 0 Å². The van der Waals surface area contributed by atoms with Gasteiger partial charge in [-0.1, -0.05) is 0 Å². The Morgan fingerprint density at radius 3 is 2.65 bits per heavy atom. The highest BCUT2D eigenvalue weighted by Crippen LogP contribution is 2.26. The molecular formula is C15H17NO4. The van der Waals surface area contributed by atoms with Gasteiger partial charge in [0.05, 0.1) is 12.6 Å². The van der Waals surface area contributed by atoms with Crippen LogP contribution < -0.4 is 10.3 Å². The van der Waals surface area contributed by atoms with Crippen LogP contribution in [0.3, 0.4) is 0 Å². The summed E-state index contributed by atoms with van der Waals surface area (Å²) in [6, 6.07) is 5.59. The first-order valence-corrected chi connectivity index (χ1v) is 6.33. The normalized spacial score (nSPS) is 10.8. The monoisotopic (exact) mass is 275 g/mol. The van der Waals surface area contributed by atoms with E-state index in [1.54, 1.807) is 20.2 Å². The molecule has 0 aliphatic rings. The summed E-state index contributed by atoms with van der Waals surface area (Å²) in [5.74, 6) is -0.265. The molecule has 2 rings (SSSR count). The Morgan fingerprint density at radius 2 is 2.05 bits per heavy atom. The van der Waals surface area contributed by atoms with Gasteiger partial charge in [-0.2, -0.15) is 0 Å². The molecule has 0 saturated carbocycles. The second kappa shape index (κ2) is 5.36. The van der Waals surface area contributed by atoms with Crippen LogP contribution in [0.25, 0.3) is 10.9 Å². The van der Waals surface area contributed by atoms with Gasteiger partial charge in [-0.25, -0.2) is 0 Å². The predicted molar refractivity (Wildman–Crippen MR) is 76.4 cm³/mol. The van der Waals surface area contributed by atoms with Gasteiger partial charge in [0, 0.05) is 24.4 Å². The number of carbonyl (C=O) groups is 1. The fraction of sp³-hybridized carbons (Fsp3) is 0.333. The van der Waals surface area contributed by atoms with Crippen molar-refractivity contribution in [1.82, 2.24) is 4.57 Å². The molecule has 1 aromatic heterocycles. The number of fused-ring (bicyclic) bond motifs is 1. The number of hydrogen-bond acceptors (Lipinski definition) is 3. The third-order valence-electron chi connectivity index (χ3n) is 3.32. The summed E-state index contributed by atoms with van der Waals surface area (Å²) in [5.41, 5.74) is 2.08. The van der Waals surface area contributed by atoms with Crippen LogP contribution in [-0.2, 0) is 18.3 Å². The highest BCUT2D eigenvalue weighted by molar-refractivity contribution is 5.86. The van der Waals surface area contributed by atoms with Gasteiger partial charge in [0.25, 0.3) is 5.56 Å². The number of pyridine rings is 1. The molecule has 0 aliphatic carbocycles. The standard InChI is InChI=1S/C15H17NO4/c1-9-6-11-8-10(4-5-13(17)18)15(19)16(2)14(11)12(7-9)20-3/h6-8H,4-5H2,1-3H3,(H,17,18). The zero-order valence-electron chi connectivity index (χ0n) is 11.8. The van der Waals surface area contributed by atoms with E-state index in [4.69, 9.17) is 9.84 Å². The molecule has 5 nitrogen and oxygen atoms in total. The number of ether oxygens (including phenoxy) is 1. The minimum absolute atomic E-state index is 0.0519. The van der Waals surface area contributed by atoms with Crippen LogP contribution >= 0.6 is 0 Å². The van der Waals surface area contributed by atoms with Crippen LogP contribution in [0.1, 0.15) is 17.5 Å². The first-order valence-electron chi connectivity index (χ1n) is 6.33. The van der Waals surface area contributed by atoms with Gasteiger partial charge < -0.3 is 14.4 Å². The van der Waals surface area contributed by atoms with Crippen LogP contribution in [0.15, 0.2) is 23.0 Å². The van der Waals surface area contributed by atoms with E-state index >= 15 is 0 Å². The molecule has 106 valence electrons. The van der Waals surface area contributed by atoms with Crippen molar-refractivity contribution in [2.75, 3.05) is 7.11 Å². The SMILES string of the molecule is COc1cc(C)cc2cc(CCC(=O)O)c(=O)n(C)c12. The second-order valence-corrected chi connectivity index (χ2v) is 4.83. The molecule has 0 atom stereocenters. The molecular weight excluding hydrogens is 258 g/mol. The third kappa shape index (κ3) is 2.52. The second-order valence-electron chi connectivity index (χ2n) is 4.83. The van der Waals surface area contributed by atoms with E-state index < -0.39 is 5.97 Å². The highest BCUT2D eigenvalue weighted by Gasteiger charge is 2.12. The Hall–Kier alpha value is -2.30. The lowest BCUT2D eigenvalue weighted by atomic mass is 10.1. The summed E-state index contributed by atoms with van der Waals surface area (Å²) >= 11 is 0. The Labute approximate surface area is 116 Å². The first kappa shape index (κ1) is 14.1. The molecule has 0 unspecified atom stereocenters. The zero-order chi connectivity index (χ0) is 14.9. The Kier molecular flexibility index (Phi) is 3.79. The maximum atomic E-state index is 12.3. The summed E-state index contributed by atoms with van der Waals surface area (Å²) in [7, 11) is 3.24. The van der Waals surface area contributed by atoms with E-state index in [1.165, 1.54) is 4.57 Å². The predicted octanol–water partition coefficient (Wildman–Crippen LogP) is 1.87. The number of rotatable bonds is 4. The number of hydrogen-bond donors (Lipinski definition) is 1. The first-order chi connectivity index (χ1) is 9.43. The quantitative estimate of drug-likeness (QED) is 0.925. The van der Waals surface area contributed by atoms with Gasteiger partial charge in [0.1, 0.15) is 5.75 Å². The molecule has 0 amide bonds. The average Bonchev–Trinajstić information content (AvgIpc) is 2.39. The lowest BCUT2D eigenvalue weighted by Crippen LogP contribution is -2.22. The van der Waals surface area contributed by atoms with Crippen LogP contribution in [0.4, 0.5) is 0 Å². The minimum Gasteiger partial charge on any atom is -0.495 e.